The summed E-state index contributed by atoms with van der Waals surface area (Å²) in [5, 5.41) is 4.94. The highest BCUT2D eigenvalue weighted by Gasteiger charge is 2.07. The van der Waals surface area contributed by atoms with Crippen molar-refractivity contribution in [3.8, 4) is 0 Å². The Morgan fingerprint density at radius 1 is 1.11 bits per heavy atom. The van der Waals surface area contributed by atoms with Crippen molar-refractivity contribution >= 4 is 66.6 Å². The number of thiazole rings is 1. The fourth-order valence-corrected chi connectivity index (χ4v) is 3.34. The lowest BCUT2D eigenvalue weighted by molar-refractivity contribution is 1.43. The van der Waals surface area contributed by atoms with Gasteiger partial charge in [0.1, 0.15) is 0 Å². The molecule has 0 atom stereocenters. The number of fused-ring (bicyclic) bond motifs is 1. The number of hydrogen-bond donors (Lipinski definition) is 1. The van der Waals surface area contributed by atoms with E-state index in [9.17, 15) is 0 Å². The van der Waals surface area contributed by atoms with E-state index in [1.807, 2.05) is 36.4 Å². The molecule has 0 aliphatic carbocycles. The van der Waals surface area contributed by atoms with E-state index in [2.05, 4.69) is 39.0 Å². The number of aromatic nitrogens is 1. The molecule has 3 rings (SSSR count). The van der Waals surface area contributed by atoms with Gasteiger partial charge in [0, 0.05) is 3.57 Å². The minimum Gasteiger partial charge on any atom is -0.331 e. The molecule has 0 unspecified atom stereocenters. The van der Waals surface area contributed by atoms with Gasteiger partial charge in [0.2, 0.25) is 0 Å². The molecule has 0 fully saturated rings. The summed E-state index contributed by atoms with van der Waals surface area (Å²) in [4.78, 5) is 4.53. The summed E-state index contributed by atoms with van der Waals surface area (Å²) >= 11 is 10.0. The molecule has 0 saturated carbocycles. The number of rotatable bonds is 2. The SMILES string of the molecule is Clc1cccc2nc(Nc3ccccc3I)sc12. The molecule has 1 heterocycles. The monoisotopic (exact) mass is 386 g/mol. The molecule has 5 heteroatoms. The average Bonchev–Trinajstić information content (AvgIpc) is 2.76. The maximum atomic E-state index is 6.15. The lowest BCUT2D eigenvalue weighted by Crippen LogP contribution is -1.91. The summed E-state index contributed by atoms with van der Waals surface area (Å²) in [5.74, 6) is 0. The first-order valence-electron chi connectivity index (χ1n) is 5.30. The van der Waals surface area contributed by atoms with Crippen molar-refractivity contribution in [2.75, 3.05) is 5.32 Å². The Morgan fingerprint density at radius 3 is 2.72 bits per heavy atom. The van der Waals surface area contributed by atoms with Crippen molar-refractivity contribution in [1.82, 2.24) is 4.98 Å². The zero-order valence-corrected chi connectivity index (χ0v) is 12.9. The molecule has 0 radical (unpaired) electrons. The average molecular weight is 387 g/mol. The third kappa shape index (κ3) is 2.32. The second-order valence-corrected chi connectivity index (χ2v) is 6.28. The molecule has 0 spiro atoms. The fourth-order valence-electron chi connectivity index (χ4n) is 1.65. The van der Waals surface area contributed by atoms with Gasteiger partial charge < -0.3 is 5.32 Å². The summed E-state index contributed by atoms with van der Waals surface area (Å²) in [6.45, 7) is 0. The van der Waals surface area contributed by atoms with Gasteiger partial charge in [0.05, 0.1) is 20.9 Å². The Bertz CT molecular complexity index is 711. The molecule has 0 amide bonds. The van der Waals surface area contributed by atoms with Crippen LogP contribution in [0, 0.1) is 3.57 Å². The van der Waals surface area contributed by atoms with E-state index in [-0.39, 0.29) is 0 Å². The van der Waals surface area contributed by atoms with Crippen molar-refractivity contribution in [2.24, 2.45) is 0 Å². The zero-order chi connectivity index (χ0) is 12.5. The van der Waals surface area contributed by atoms with Crippen LogP contribution in [-0.2, 0) is 0 Å². The van der Waals surface area contributed by atoms with Gasteiger partial charge in [0.25, 0.3) is 0 Å². The van der Waals surface area contributed by atoms with Crippen LogP contribution in [0.5, 0.6) is 0 Å². The minimum atomic E-state index is 0.751. The van der Waals surface area contributed by atoms with Crippen molar-refractivity contribution < 1.29 is 0 Å². The maximum Gasteiger partial charge on any atom is 0.188 e. The molecule has 2 aromatic carbocycles. The van der Waals surface area contributed by atoms with Gasteiger partial charge in [0.15, 0.2) is 5.13 Å². The Labute approximate surface area is 127 Å². The lowest BCUT2D eigenvalue weighted by Gasteiger charge is -2.03. The molecule has 1 N–H and O–H groups in total. The van der Waals surface area contributed by atoms with Crippen LogP contribution in [0.3, 0.4) is 0 Å². The highest BCUT2D eigenvalue weighted by Crippen LogP contribution is 2.33. The van der Waals surface area contributed by atoms with E-state index in [1.54, 1.807) is 11.3 Å². The van der Waals surface area contributed by atoms with E-state index in [0.717, 1.165) is 26.1 Å². The molecule has 0 bridgehead atoms. The standard InChI is InChI=1S/C13H8ClIN2S/c14-8-4-3-7-11-12(8)18-13(17-11)16-10-6-2-1-5-9(10)15/h1-7H,(H,16,17). The van der Waals surface area contributed by atoms with Crippen molar-refractivity contribution in [3.05, 3.63) is 51.1 Å². The first-order valence-corrected chi connectivity index (χ1v) is 7.58. The molecule has 0 aliphatic heterocycles. The van der Waals surface area contributed by atoms with Crippen LogP contribution in [0.15, 0.2) is 42.5 Å². The summed E-state index contributed by atoms with van der Waals surface area (Å²) in [6.07, 6.45) is 0. The molecular weight excluding hydrogens is 379 g/mol. The van der Waals surface area contributed by atoms with E-state index in [4.69, 9.17) is 11.6 Å². The lowest BCUT2D eigenvalue weighted by atomic mass is 10.3. The van der Waals surface area contributed by atoms with Crippen LogP contribution in [0.4, 0.5) is 10.8 Å². The van der Waals surface area contributed by atoms with E-state index >= 15 is 0 Å². The first kappa shape index (κ1) is 12.2. The second-order valence-electron chi connectivity index (χ2n) is 3.71. The van der Waals surface area contributed by atoms with Crippen LogP contribution in [0.2, 0.25) is 5.02 Å². The first-order chi connectivity index (χ1) is 8.74. The number of para-hydroxylation sites is 1. The molecule has 3 aromatic rings. The number of nitrogens with one attached hydrogen (secondary N) is 1. The topological polar surface area (TPSA) is 24.9 Å². The largest absolute Gasteiger partial charge is 0.331 e. The predicted octanol–water partition coefficient (Wildman–Crippen LogP) is 5.30. The number of anilines is 2. The van der Waals surface area contributed by atoms with Gasteiger partial charge in [-0.2, -0.15) is 0 Å². The number of nitrogens with zero attached hydrogens (tertiary/aromatic N) is 1. The van der Waals surface area contributed by atoms with Crippen molar-refractivity contribution in [1.29, 1.82) is 0 Å². The molecule has 0 saturated heterocycles. The van der Waals surface area contributed by atoms with Crippen molar-refractivity contribution in [3.63, 3.8) is 0 Å². The smallest absolute Gasteiger partial charge is 0.188 e. The Balaban J connectivity index is 2.01. The fraction of sp³-hybridized carbons (Fsp3) is 0. The van der Waals surface area contributed by atoms with E-state index in [1.165, 1.54) is 3.57 Å². The third-order valence-corrected chi connectivity index (χ3v) is 4.87. The summed E-state index contributed by atoms with van der Waals surface area (Å²) in [6, 6.07) is 13.9. The summed E-state index contributed by atoms with van der Waals surface area (Å²) in [5.41, 5.74) is 1.99. The number of benzene rings is 2. The van der Waals surface area contributed by atoms with E-state index < -0.39 is 0 Å². The Morgan fingerprint density at radius 2 is 1.94 bits per heavy atom. The molecule has 90 valence electrons. The summed E-state index contributed by atoms with van der Waals surface area (Å²) in [7, 11) is 0. The Kier molecular flexibility index (Phi) is 3.41. The van der Waals surface area contributed by atoms with Crippen molar-refractivity contribution in [2.45, 2.75) is 0 Å². The van der Waals surface area contributed by atoms with Crippen LogP contribution in [0.25, 0.3) is 10.2 Å². The van der Waals surface area contributed by atoms with Crippen LogP contribution >= 0.6 is 45.5 Å². The third-order valence-electron chi connectivity index (χ3n) is 2.48. The van der Waals surface area contributed by atoms with Crippen LogP contribution in [-0.4, -0.2) is 4.98 Å². The quantitative estimate of drug-likeness (QED) is 0.605. The number of hydrogen-bond acceptors (Lipinski definition) is 3. The zero-order valence-electron chi connectivity index (χ0n) is 9.15. The van der Waals surface area contributed by atoms with Crippen LogP contribution < -0.4 is 5.32 Å². The van der Waals surface area contributed by atoms with Gasteiger partial charge in [-0.05, 0) is 46.9 Å². The normalized spacial score (nSPS) is 10.8. The molecule has 2 nitrogen and oxygen atoms in total. The highest BCUT2D eigenvalue weighted by molar-refractivity contribution is 14.1. The van der Waals surface area contributed by atoms with E-state index in [0.29, 0.717) is 0 Å². The van der Waals surface area contributed by atoms with Gasteiger partial charge in [-0.25, -0.2) is 4.98 Å². The predicted molar refractivity (Wildman–Crippen MR) is 87.1 cm³/mol. The molecule has 18 heavy (non-hydrogen) atoms. The second kappa shape index (κ2) is 5.03. The number of halogens is 2. The molecule has 0 aliphatic rings. The highest BCUT2D eigenvalue weighted by atomic mass is 127. The van der Waals surface area contributed by atoms with Crippen LogP contribution in [0.1, 0.15) is 0 Å². The van der Waals surface area contributed by atoms with Gasteiger partial charge in [-0.3, -0.25) is 0 Å². The van der Waals surface area contributed by atoms with Gasteiger partial charge >= 0.3 is 0 Å². The Hall–Kier alpha value is -0.850. The maximum absolute atomic E-state index is 6.15. The van der Waals surface area contributed by atoms with Gasteiger partial charge in [-0.1, -0.05) is 41.1 Å². The minimum absolute atomic E-state index is 0.751. The summed E-state index contributed by atoms with van der Waals surface area (Å²) < 4.78 is 2.19. The van der Waals surface area contributed by atoms with Gasteiger partial charge in [-0.15, -0.1) is 0 Å². The molecular formula is C13H8ClIN2S. The molecule has 1 aromatic heterocycles.